The summed E-state index contributed by atoms with van der Waals surface area (Å²) in [5.74, 6) is -14.1. The Morgan fingerprint density at radius 2 is 1.38 bits per heavy atom. The monoisotopic (exact) mass is 383 g/mol. The van der Waals surface area contributed by atoms with E-state index in [4.69, 9.17) is 4.74 Å². The number of carbonyl (C=O) groups excluding carboxylic acids is 2. The Morgan fingerprint density at radius 3 is 1.85 bits per heavy atom. The molecule has 0 heterocycles. The highest BCUT2D eigenvalue weighted by Crippen LogP contribution is 2.29. The molecule has 1 rings (SSSR count). The van der Waals surface area contributed by atoms with Gasteiger partial charge < -0.3 is 14.4 Å². The topological polar surface area (TPSA) is 55.8 Å². The number of hydrogen-bond acceptors (Lipinski definition) is 4. The van der Waals surface area contributed by atoms with Crippen molar-refractivity contribution in [1.29, 1.82) is 0 Å². The van der Waals surface area contributed by atoms with Crippen molar-refractivity contribution < 1.29 is 41.0 Å². The lowest BCUT2D eigenvalue weighted by Crippen LogP contribution is -2.35. The standard InChI is InChI=1S/C16H18F5NO4/c1-16(2,3)26-15(24)22(4)7-5-6-8(23)25-14-12(20)10(18)9(17)11(19)13(14)21/h5-7H2,1-4H3. The zero-order valence-corrected chi connectivity index (χ0v) is 14.6. The molecule has 0 bridgehead atoms. The van der Waals surface area contributed by atoms with Crippen LogP contribution < -0.4 is 4.74 Å². The average molecular weight is 383 g/mol. The third-order valence-corrected chi connectivity index (χ3v) is 2.97. The quantitative estimate of drug-likeness (QED) is 0.254. The molecule has 26 heavy (non-hydrogen) atoms. The number of esters is 1. The van der Waals surface area contributed by atoms with Crippen LogP contribution in [-0.4, -0.2) is 36.2 Å². The molecule has 1 aromatic carbocycles. The molecule has 0 aliphatic heterocycles. The molecule has 0 saturated heterocycles. The van der Waals surface area contributed by atoms with Gasteiger partial charge in [0.25, 0.3) is 0 Å². The molecular formula is C16H18F5NO4. The lowest BCUT2D eigenvalue weighted by atomic mass is 10.2. The van der Waals surface area contributed by atoms with Gasteiger partial charge in [0.05, 0.1) is 0 Å². The fraction of sp³-hybridized carbons (Fsp3) is 0.500. The summed E-state index contributed by atoms with van der Waals surface area (Å²) in [6, 6.07) is 0. The molecule has 5 nitrogen and oxygen atoms in total. The van der Waals surface area contributed by atoms with Gasteiger partial charge in [0.15, 0.2) is 0 Å². The number of rotatable bonds is 5. The molecule has 0 spiro atoms. The minimum absolute atomic E-state index is 0.0178. The fourth-order valence-corrected chi connectivity index (χ4v) is 1.73. The normalized spacial score (nSPS) is 11.3. The molecule has 0 unspecified atom stereocenters. The molecule has 0 aliphatic carbocycles. The molecule has 0 aromatic heterocycles. The van der Waals surface area contributed by atoms with E-state index in [1.165, 1.54) is 7.05 Å². The van der Waals surface area contributed by atoms with Crippen LogP contribution in [0.4, 0.5) is 26.7 Å². The highest BCUT2D eigenvalue weighted by atomic mass is 19.2. The number of amides is 1. The van der Waals surface area contributed by atoms with Crippen LogP contribution in [0.1, 0.15) is 33.6 Å². The van der Waals surface area contributed by atoms with Crippen LogP contribution in [0.15, 0.2) is 0 Å². The van der Waals surface area contributed by atoms with Gasteiger partial charge in [-0.25, -0.2) is 18.0 Å². The van der Waals surface area contributed by atoms with Crippen LogP contribution in [0, 0.1) is 29.1 Å². The number of nitrogens with zero attached hydrogens (tertiary/aromatic N) is 1. The third-order valence-electron chi connectivity index (χ3n) is 2.97. The smallest absolute Gasteiger partial charge is 0.410 e. The van der Waals surface area contributed by atoms with E-state index in [1.54, 1.807) is 20.8 Å². The Hall–Kier alpha value is -2.39. The van der Waals surface area contributed by atoms with Crippen molar-refractivity contribution in [3.63, 3.8) is 0 Å². The van der Waals surface area contributed by atoms with Crippen LogP contribution in [0.25, 0.3) is 0 Å². The summed E-state index contributed by atoms with van der Waals surface area (Å²) in [4.78, 5) is 24.4. The number of hydrogen-bond donors (Lipinski definition) is 0. The van der Waals surface area contributed by atoms with Crippen molar-refractivity contribution in [1.82, 2.24) is 4.90 Å². The predicted molar refractivity (Wildman–Crippen MR) is 80.0 cm³/mol. The maximum atomic E-state index is 13.4. The first-order valence-electron chi connectivity index (χ1n) is 7.51. The van der Waals surface area contributed by atoms with E-state index in [0.717, 1.165) is 4.90 Å². The largest absolute Gasteiger partial charge is 0.444 e. The van der Waals surface area contributed by atoms with Crippen molar-refractivity contribution >= 4 is 12.1 Å². The van der Waals surface area contributed by atoms with Crippen molar-refractivity contribution in [2.45, 2.75) is 39.2 Å². The highest BCUT2D eigenvalue weighted by Gasteiger charge is 2.28. The van der Waals surface area contributed by atoms with Gasteiger partial charge in [-0.05, 0) is 27.2 Å². The van der Waals surface area contributed by atoms with Crippen LogP contribution in [0.3, 0.4) is 0 Å². The van der Waals surface area contributed by atoms with Gasteiger partial charge in [-0.15, -0.1) is 0 Å². The van der Waals surface area contributed by atoms with Crippen molar-refractivity contribution in [3.8, 4) is 5.75 Å². The number of halogens is 5. The maximum absolute atomic E-state index is 13.4. The highest BCUT2D eigenvalue weighted by molar-refractivity contribution is 5.72. The van der Waals surface area contributed by atoms with Gasteiger partial charge >= 0.3 is 12.1 Å². The minimum Gasteiger partial charge on any atom is -0.444 e. The van der Waals surface area contributed by atoms with Crippen molar-refractivity contribution in [2.24, 2.45) is 0 Å². The molecule has 146 valence electrons. The molecule has 0 atom stereocenters. The van der Waals surface area contributed by atoms with Crippen LogP contribution >= 0.6 is 0 Å². The molecule has 1 aromatic rings. The second-order valence-electron chi connectivity index (χ2n) is 6.38. The molecule has 0 radical (unpaired) electrons. The fourth-order valence-electron chi connectivity index (χ4n) is 1.73. The Bertz CT molecular complexity index is 674. The average Bonchev–Trinajstić information content (AvgIpc) is 2.53. The summed E-state index contributed by atoms with van der Waals surface area (Å²) in [6.45, 7) is 5.04. The Balaban J connectivity index is 2.63. The van der Waals surface area contributed by atoms with Gasteiger partial charge in [-0.3, -0.25) is 4.79 Å². The van der Waals surface area contributed by atoms with Crippen LogP contribution in [-0.2, 0) is 9.53 Å². The summed E-state index contributed by atoms with van der Waals surface area (Å²) in [5.41, 5.74) is -0.712. The van der Waals surface area contributed by atoms with Crippen molar-refractivity contribution in [3.05, 3.63) is 29.1 Å². The molecule has 1 amide bonds. The summed E-state index contributed by atoms with van der Waals surface area (Å²) < 4.78 is 75.1. The zero-order valence-electron chi connectivity index (χ0n) is 14.6. The summed E-state index contributed by atoms with van der Waals surface area (Å²) >= 11 is 0. The molecule has 0 saturated carbocycles. The molecule has 0 N–H and O–H groups in total. The summed E-state index contributed by atoms with van der Waals surface area (Å²) in [5, 5.41) is 0. The second kappa shape index (κ2) is 8.33. The van der Waals surface area contributed by atoms with E-state index >= 15 is 0 Å². The van der Waals surface area contributed by atoms with Crippen LogP contribution in [0.5, 0.6) is 5.75 Å². The first-order valence-corrected chi connectivity index (χ1v) is 7.51. The first kappa shape index (κ1) is 21.7. The molecular weight excluding hydrogens is 365 g/mol. The second-order valence-corrected chi connectivity index (χ2v) is 6.38. The predicted octanol–water partition coefficient (Wildman–Crippen LogP) is 3.93. The zero-order chi connectivity index (χ0) is 20.2. The van der Waals surface area contributed by atoms with E-state index in [9.17, 15) is 31.5 Å². The maximum Gasteiger partial charge on any atom is 0.410 e. The van der Waals surface area contributed by atoms with Gasteiger partial charge in [0.1, 0.15) is 5.60 Å². The minimum atomic E-state index is -2.35. The summed E-state index contributed by atoms with van der Waals surface area (Å²) in [6.07, 6.45) is -1.05. The lowest BCUT2D eigenvalue weighted by molar-refractivity contribution is -0.135. The lowest BCUT2D eigenvalue weighted by Gasteiger charge is -2.24. The van der Waals surface area contributed by atoms with Gasteiger partial charge in [0.2, 0.25) is 34.8 Å². The van der Waals surface area contributed by atoms with Crippen LogP contribution in [0.2, 0.25) is 0 Å². The van der Waals surface area contributed by atoms with E-state index in [2.05, 4.69) is 4.74 Å². The third kappa shape index (κ3) is 5.57. The number of benzene rings is 1. The van der Waals surface area contributed by atoms with E-state index in [-0.39, 0.29) is 13.0 Å². The van der Waals surface area contributed by atoms with E-state index < -0.39 is 58.9 Å². The molecule has 0 fully saturated rings. The Labute approximate surface area is 146 Å². The SMILES string of the molecule is CN(CCCC(=O)Oc1c(F)c(F)c(F)c(F)c1F)C(=O)OC(C)(C)C. The molecule has 0 aliphatic rings. The Morgan fingerprint density at radius 1 is 0.923 bits per heavy atom. The first-order chi connectivity index (χ1) is 11.8. The van der Waals surface area contributed by atoms with E-state index in [1.807, 2.05) is 0 Å². The van der Waals surface area contributed by atoms with Gasteiger partial charge in [-0.1, -0.05) is 0 Å². The Kier molecular flexibility index (Phi) is 6.93. The number of carbonyl (C=O) groups is 2. The number of ether oxygens (including phenoxy) is 2. The van der Waals surface area contributed by atoms with Gasteiger partial charge in [0, 0.05) is 20.0 Å². The summed E-state index contributed by atoms with van der Waals surface area (Å²) in [7, 11) is 1.41. The van der Waals surface area contributed by atoms with E-state index in [0.29, 0.717) is 0 Å². The van der Waals surface area contributed by atoms with Crippen molar-refractivity contribution in [2.75, 3.05) is 13.6 Å². The molecule has 10 heteroatoms. The van der Waals surface area contributed by atoms with Gasteiger partial charge in [-0.2, -0.15) is 8.78 Å².